The molecule has 0 N–H and O–H groups in total. The fourth-order valence-corrected chi connectivity index (χ4v) is 6.13. The van der Waals surface area contributed by atoms with Crippen LogP contribution in [0.4, 0.5) is 10.8 Å². The van der Waals surface area contributed by atoms with Crippen LogP contribution in [0.2, 0.25) is 0 Å². The Kier molecular flexibility index (Phi) is 5.33. The van der Waals surface area contributed by atoms with Gasteiger partial charge in [0.2, 0.25) is 0 Å². The third kappa shape index (κ3) is 4.01. The van der Waals surface area contributed by atoms with Gasteiger partial charge in [-0.05, 0) is 18.9 Å². The molecular weight excluding hydrogens is 410 g/mol. The molecule has 7 nitrogen and oxygen atoms in total. The van der Waals surface area contributed by atoms with Crippen molar-refractivity contribution in [3.8, 4) is 11.3 Å². The van der Waals surface area contributed by atoms with E-state index in [1.165, 1.54) is 18.2 Å². The van der Waals surface area contributed by atoms with Gasteiger partial charge in [-0.25, -0.2) is 13.4 Å². The maximum atomic E-state index is 12.9. The molecule has 2 aromatic carbocycles. The first-order chi connectivity index (χ1) is 13.9. The second-order valence-electron chi connectivity index (χ2n) is 6.87. The first-order valence-electron chi connectivity index (χ1n) is 9.19. The zero-order chi connectivity index (χ0) is 20.4. The number of nitrogens with zero attached hydrogens (tertiary/aromatic N) is 3. The number of benzene rings is 2. The SMILES string of the molecule is O=[N+]([O-])c1cccc(S(=O)(=O)C2CCN(c3nc(-c4ccccc4)cs3)CC2)c1. The zero-order valence-electron chi connectivity index (χ0n) is 15.5. The Morgan fingerprint density at radius 3 is 2.48 bits per heavy atom. The van der Waals surface area contributed by atoms with Crippen LogP contribution in [0.25, 0.3) is 11.3 Å². The number of aromatic nitrogens is 1. The maximum absolute atomic E-state index is 12.9. The highest BCUT2D eigenvalue weighted by Crippen LogP contribution is 2.32. The van der Waals surface area contributed by atoms with Gasteiger partial charge in [-0.15, -0.1) is 11.3 Å². The lowest BCUT2D eigenvalue weighted by molar-refractivity contribution is -0.385. The van der Waals surface area contributed by atoms with Gasteiger partial charge in [0.15, 0.2) is 15.0 Å². The Bertz CT molecular complexity index is 1120. The van der Waals surface area contributed by atoms with Gasteiger partial charge in [-0.1, -0.05) is 36.4 Å². The summed E-state index contributed by atoms with van der Waals surface area (Å²) >= 11 is 1.55. The lowest BCUT2D eigenvalue weighted by atomic mass is 10.1. The smallest absolute Gasteiger partial charge is 0.270 e. The molecule has 1 fully saturated rings. The molecule has 0 radical (unpaired) electrons. The van der Waals surface area contributed by atoms with E-state index in [1.54, 1.807) is 11.3 Å². The molecule has 0 spiro atoms. The van der Waals surface area contributed by atoms with Crippen LogP contribution in [0.5, 0.6) is 0 Å². The minimum absolute atomic E-state index is 0.0192. The van der Waals surface area contributed by atoms with Crippen LogP contribution in [0.15, 0.2) is 64.9 Å². The average Bonchev–Trinajstić information content (AvgIpc) is 3.25. The van der Waals surface area contributed by atoms with Crippen LogP contribution in [-0.4, -0.2) is 36.7 Å². The minimum atomic E-state index is -3.61. The van der Waals surface area contributed by atoms with Crippen LogP contribution in [0.3, 0.4) is 0 Å². The highest BCUT2D eigenvalue weighted by molar-refractivity contribution is 7.92. The van der Waals surface area contributed by atoms with Crippen LogP contribution in [0.1, 0.15) is 12.8 Å². The number of hydrogen-bond acceptors (Lipinski definition) is 7. The van der Waals surface area contributed by atoms with E-state index in [-0.39, 0.29) is 10.6 Å². The number of nitro benzene ring substituents is 1. The number of sulfone groups is 1. The Hall–Kier alpha value is -2.78. The number of rotatable bonds is 5. The van der Waals surface area contributed by atoms with E-state index in [4.69, 9.17) is 4.98 Å². The number of piperidine rings is 1. The summed E-state index contributed by atoms with van der Waals surface area (Å²) in [7, 11) is -3.61. The van der Waals surface area contributed by atoms with Crippen molar-refractivity contribution in [2.75, 3.05) is 18.0 Å². The number of non-ortho nitro benzene ring substituents is 1. The van der Waals surface area contributed by atoms with Crippen molar-refractivity contribution in [1.82, 2.24) is 4.98 Å². The molecule has 1 saturated heterocycles. The third-order valence-corrected chi connectivity index (χ3v) is 8.23. The summed E-state index contributed by atoms with van der Waals surface area (Å²) in [4.78, 5) is 17.2. The standard InChI is InChI=1S/C20H19N3O4S2/c24-23(25)16-7-4-8-18(13-16)29(26,27)17-9-11-22(12-10-17)20-21-19(14-28-20)15-5-2-1-3-6-15/h1-8,13-14,17H,9-12H2. The van der Waals surface area contributed by atoms with Crippen LogP contribution in [-0.2, 0) is 9.84 Å². The predicted octanol–water partition coefficient (Wildman–Crippen LogP) is 4.16. The van der Waals surface area contributed by atoms with Crippen LogP contribution >= 0.6 is 11.3 Å². The van der Waals surface area contributed by atoms with Crippen molar-refractivity contribution in [2.24, 2.45) is 0 Å². The molecule has 3 aromatic rings. The molecular formula is C20H19N3O4S2. The molecule has 9 heteroatoms. The molecule has 4 rings (SSSR count). The van der Waals surface area contributed by atoms with Gasteiger partial charge in [0.25, 0.3) is 5.69 Å². The molecule has 1 aliphatic heterocycles. The largest absolute Gasteiger partial charge is 0.348 e. The summed E-state index contributed by atoms with van der Waals surface area (Å²) in [6.07, 6.45) is 0.927. The summed E-state index contributed by atoms with van der Waals surface area (Å²) in [5.41, 5.74) is 1.76. The Morgan fingerprint density at radius 1 is 1.07 bits per heavy atom. The number of nitro groups is 1. The minimum Gasteiger partial charge on any atom is -0.348 e. The van der Waals surface area contributed by atoms with Gasteiger partial charge in [0, 0.05) is 36.2 Å². The van der Waals surface area contributed by atoms with Gasteiger partial charge < -0.3 is 4.90 Å². The molecule has 0 atom stereocenters. The molecule has 0 bridgehead atoms. The molecule has 0 saturated carbocycles. The van der Waals surface area contributed by atoms with E-state index in [0.29, 0.717) is 25.9 Å². The lowest BCUT2D eigenvalue weighted by Gasteiger charge is -2.31. The Labute approximate surface area is 172 Å². The van der Waals surface area contributed by atoms with Gasteiger partial charge in [0.1, 0.15) is 0 Å². The molecule has 150 valence electrons. The second-order valence-corrected chi connectivity index (χ2v) is 9.93. The van der Waals surface area contributed by atoms with Gasteiger partial charge in [-0.2, -0.15) is 0 Å². The fourth-order valence-electron chi connectivity index (χ4n) is 3.47. The van der Waals surface area contributed by atoms with Crippen LogP contribution < -0.4 is 4.90 Å². The monoisotopic (exact) mass is 429 g/mol. The van der Waals surface area contributed by atoms with E-state index in [9.17, 15) is 18.5 Å². The normalized spacial score (nSPS) is 15.4. The fraction of sp³-hybridized carbons (Fsp3) is 0.250. The average molecular weight is 430 g/mol. The molecule has 0 aliphatic carbocycles. The molecule has 0 amide bonds. The van der Waals surface area contributed by atoms with Crippen molar-refractivity contribution in [3.05, 3.63) is 70.1 Å². The molecule has 0 unspecified atom stereocenters. The van der Waals surface area contributed by atoms with Crippen LogP contribution in [0, 0.1) is 10.1 Å². The zero-order valence-corrected chi connectivity index (χ0v) is 17.1. The molecule has 2 heterocycles. The van der Waals surface area contributed by atoms with E-state index in [0.717, 1.165) is 22.5 Å². The molecule has 29 heavy (non-hydrogen) atoms. The Morgan fingerprint density at radius 2 is 1.79 bits per heavy atom. The third-order valence-electron chi connectivity index (χ3n) is 5.07. The highest BCUT2D eigenvalue weighted by Gasteiger charge is 2.32. The molecule has 1 aliphatic rings. The van der Waals surface area contributed by atoms with E-state index in [1.807, 2.05) is 35.7 Å². The first-order valence-corrected chi connectivity index (χ1v) is 11.6. The second kappa shape index (κ2) is 7.92. The molecule has 1 aromatic heterocycles. The predicted molar refractivity (Wildman–Crippen MR) is 113 cm³/mol. The quantitative estimate of drug-likeness (QED) is 0.447. The topological polar surface area (TPSA) is 93.4 Å². The van der Waals surface area contributed by atoms with Gasteiger partial charge >= 0.3 is 0 Å². The van der Waals surface area contributed by atoms with E-state index < -0.39 is 20.0 Å². The summed E-state index contributed by atoms with van der Waals surface area (Å²) in [6, 6.07) is 15.2. The van der Waals surface area contributed by atoms with Crippen molar-refractivity contribution in [3.63, 3.8) is 0 Å². The lowest BCUT2D eigenvalue weighted by Crippen LogP contribution is -2.39. The highest BCUT2D eigenvalue weighted by atomic mass is 32.2. The van der Waals surface area contributed by atoms with E-state index in [2.05, 4.69) is 4.90 Å². The van der Waals surface area contributed by atoms with Gasteiger partial charge in [-0.3, -0.25) is 10.1 Å². The van der Waals surface area contributed by atoms with Crippen molar-refractivity contribution < 1.29 is 13.3 Å². The maximum Gasteiger partial charge on any atom is 0.270 e. The van der Waals surface area contributed by atoms with Crippen molar-refractivity contribution >= 4 is 32.0 Å². The van der Waals surface area contributed by atoms with Crippen molar-refractivity contribution in [1.29, 1.82) is 0 Å². The summed E-state index contributed by atoms with van der Waals surface area (Å²) in [5.74, 6) is 0. The van der Waals surface area contributed by atoms with Gasteiger partial charge in [0.05, 0.1) is 20.8 Å². The first kappa shape index (κ1) is 19.5. The Balaban J connectivity index is 1.46. The summed E-state index contributed by atoms with van der Waals surface area (Å²) < 4.78 is 25.9. The van der Waals surface area contributed by atoms with Crippen molar-refractivity contribution in [2.45, 2.75) is 23.0 Å². The number of thiazole rings is 1. The summed E-state index contributed by atoms with van der Waals surface area (Å²) in [5, 5.41) is 13.3. The number of anilines is 1. The van der Waals surface area contributed by atoms with E-state index >= 15 is 0 Å². The summed E-state index contributed by atoms with van der Waals surface area (Å²) in [6.45, 7) is 1.17. The number of hydrogen-bond donors (Lipinski definition) is 0.